The Bertz CT molecular complexity index is 465. The van der Waals surface area contributed by atoms with Crippen LogP contribution in [0.2, 0.25) is 0 Å². The summed E-state index contributed by atoms with van der Waals surface area (Å²) >= 11 is 0. The van der Waals surface area contributed by atoms with E-state index in [1.807, 2.05) is 6.07 Å². The minimum absolute atomic E-state index is 1.21. The third-order valence-electron chi connectivity index (χ3n) is 3.59. The molecule has 95 valence electrons. The maximum atomic E-state index is 3.31. The Morgan fingerprint density at radius 3 is 2.61 bits per heavy atom. The Morgan fingerprint density at radius 1 is 0.889 bits per heavy atom. The molecule has 0 bridgehead atoms. The molecule has 0 spiro atoms. The Morgan fingerprint density at radius 2 is 1.72 bits per heavy atom. The van der Waals surface area contributed by atoms with E-state index in [1.54, 1.807) is 0 Å². The van der Waals surface area contributed by atoms with Crippen LogP contribution in [0.15, 0.2) is 36.4 Å². The summed E-state index contributed by atoms with van der Waals surface area (Å²) in [6.45, 7) is 2.27. The van der Waals surface area contributed by atoms with Crippen LogP contribution in [0.5, 0.6) is 0 Å². The highest BCUT2D eigenvalue weighted by Crippen LogP contribution is 2.20. The molecule has 1 radical (unpaired) electrons. The normalized spacial score (nSPS) is 10.9. The molecule has 0 heteroatoms. The van der Waals surface area contributed by atoms with Crippen molar-refractivity contribution in [2.45, 2.75) is 51.9 Å². The van der Waals surface area contributed by atoms with Crippen LogP contribution in [0.4, 0.5) is 0 Å². The van der Waals surface area contributed by atoms with Gasteiger partial charge in [-0.1, -0.05) is 75.4 Å². The van der Waals surface area contributed by atoms with E-state index >= 15 is 0 Å². The lowest BCUT2D eigenvalue weighted by Crippen LogP contribution is -1.88. The quantitative estimate of drug-likeness (QED) is 0.556. The van der Waals surface area contributed by atoms with Gasteiger partial charge in [-0.2, -0.15) is 0 Å². The second-order valence-corrected chi connectivity index (χ2v) is 5.07. The van der Waals surface area contributed by atoms with Gasteiger partial charge in [0, 0.05) is 0 Å². The smallest absolute Gasteiger partial charge is 0.00991 e. The highest BCUT2D eigenvalue weighted by molar-refractivity contribution is 5.85. The van der Waals surface area contributed by atoms with Crippen LogP contribution in [-0.2, 0) is 6.42 Å². The van der Waals surface area contributed by atoms with E-state index < -0.39 is 0 Å². The summed E-state index contributed by atoms with van der Waals surface area (Å²) in [5, 5.41) is 2.63. The van der Waals surface area contributed by atoms with Crippen LogP contribution in [0.1, 0.15) is 51.0 Å². The van der Waals surface area contributed by atoms with Crippen molar-refractivity contribution in [1.29, 1.82) is 0 Å². The standard InChI is InChI=1S/C18H23/c1-2-3-4-5-6-7-11-16-13-10-14-17-12-8-9-15-18(16)17/h8-10,13-15H,2-7,11H2,1H3. The van der Waals surface area contributed by atoms with Gasteiger partial charge in [0.15, 0.2) is 0 Å². The summed E-state index contributed by atoms with van der Waals surface area (Å²) < 4.78 is 0. The highest BCUT2D eigenvalue weighted by Gasteiger charge is 2.00. The van der Waals surface area contributed by atoms with Crippen LogP contribution in [-0.4, -0.2) is 0 Å². The van der Waals surface area contributed by atoms with Gasteiger partial charge in [-0.05, 0) is 35.2 Å². The molecule has 18 heavy (non-hydrogen) atoms. The average Bonchev–Trinajstić information content (AvgIpc) is 2.43. The van der Waals surface area contributed by atoms with Crippen molar-refractivity contribution in [3.05, 3.63) is 48.0 Å². The Labute approximate surface area is 111 Å². The molecule has 0 aromatic heterocycles. The van der Waals surface area contributed by atoms with Gasteiger partial charge in [-0.3, -0.25) is 0 Å². The molecule has 0 N–H and O–H groups in total. The highest BCUT2D eigenvalue weighted by atomic mass is 14.0. The largest absolute Gasteiger partial charge is 0.0654 e. The first-order valence-corrected chi connectivity index (χ1v) is 7.30. The van der Waals surface area contributed by atoms with E-state index in [0.29, 0.717) is 0 Å². The first-order valence-electron chi connectivity index (χ1n) is 7.30. The van der Waals surface area contributed by atoms with Crippen molar-refractivity contribution >= 4 is 10.8 Å². The number of aryl methyl sites for hydroxylation is 1. The molecule has 0 atom stereocenters. The second-order valence-electron chi connectivity index (χ2n) is 5.07. The Kier molecular flexibility index (Phi) is 5.26. The lowest BCUT2D eigenvalue weighted by atomic mass is 9.99. The Hall–Kier alpha value is -1.30. The first kappa shape index (κ1) is 13.1. The molecule has 0 saturated carbocycles. The van der Waals surface area contributed by atoms with Crippen LogP contribution < -0.4 is 0 Å². The Balaban J connectivity index is 1.88. The molecule has 0 fully saturated rings. The molecule has 2 rings (SSSR count). The topological polar surface area (TPSA) is 0 Å². The fourth-order valence-electron chi connectivity index (χ4n) is 2.53. The van der Waals surface area contributed by atoms with Crippen LogP contribution in [0.25, 0.3) is 10.8 Å². The van der Waals surface area contributed by atoms with E-state index in [9.17, 15) is 0 Å². The molecule has 2 aromatic carbocycles. The minimum atomic E-state index is 1.21. The van der Waals surface area contributed by atoms with E-state index in [0.717, 1.165) is 0 Å². The molecular formula is C18H23. The fraction of sp³-hybridized carbons (Fsp3) is 0.444. The average molecular weight is 239 g/mol. The third kappa shape index (κ3) is 3.60. The molecule has 0 aliphatic carbocycles. The second kappa shape index (κ2) is 7.20. The molecule has 0 saturated heterocycles. The van der Waals surface area contributed by atoms with Crippen LogP contribution in [0.3, 0.4) is 0 Å². The maximum Gasteiger partial charge on any atom is -0.00991 e. The summed E-state index contributed by atoms with van der Waals surface area (Å²) in [5.41, 5.74) is 1.49. The van der Waals surface area contributed by atoms with Crippen molar-refractivity contribution in [2.24, 2.45) is 0 Å². The predicted molar refractivity (Wildman–Crippen MR) is 79.9 cm³/mol. The zero-order valence-electron chi connectivity index (χ0n) is 11.4. The number of fused-ring (bicyclic) bond motifs is 1. The number of benzene rings is 2. The van der Waals surface area contributed by atoms with Gasteiger partial charge in [0.25, 0.3) is 0 Å². The third-order valence-corrected chi connectivity index (χ3v) is 3.59. The van der Waals surface area contributed by atoms with E-state index in [-0.39, 0.29) is 0 Å². The fourth-order valence-corrected chi connectivity index (χ4v) is 2.53. The van der Waals surface area contributed by atoms with Gasteiger partial charge in [0.1, 0.15) is 0 Å². The predicted octanol–water partition coefficient (Wildman–Crippen LogP) is 5.54. The van der Waals surface area contributed by atoms with Crippen molar-refractivity contribution < 1.29 is 0 Å². The summed E-state index contributed by atoms with van der Waals surface area (Å²) in [6, 6.07) is 16.2. The van der Waals surface area contributed by atoms with Gasteiger partial charge in [-0.25, -0.2) is 0 Å². The van der Waals surface area contributed by atoms with Gasteiger partial charge in [0.05, 0.1) is 0 Å². The molecule has 0 nitrogen and oxygen atoms in total. The van der Waals surface area contributed by atoms with Crippen molar-refractivity contribution in [2.75, 3.05) is 0 Å². The minimum Gasteiger partial charge on any atom is -0.0654 e. The van der Waals surface area contributed by atoms with Crippen molar-refractivity contribution in [3.63, 3.8) is 0 Å². The monoisotopic (exact) mass is 239 g/mol. The van der Waals surface area contributed by atoms with Gasteiger partial charge >= 0.3 is 0 Å². The summed E-state index contributed by atoms with van der Waals surface area (Å²) in [4.78, 5) is 0. The lowest BCUT2D eigenvalue weighted by Gasteiger charge is -2.06. The summed E-state index contributed by atoms with van der Waals surface area (Å²) in [6.07, 6.45) is 9.42. The van der Waals surface area contributed by atoms with Crippen molar-refractivity contribution in [1.82, 2.24) is 0 Å². The zero-order valence-corrected chi connectivity index (χ0v) is 11.4. The molecule has 0 aliphatic rings. The van der Waals surface area contributed by atoms with Gasteiger partial charge in [0.2, 0.25) is 0 Å². The number of hydrogen-bond acceptors (Lipinski definition) is 0. The molecule has 0 heterocycles. The maximum absolute atomic E-state index is 3.31. The van der Waals surface area contributed by atoms with Gasteiger partial charge < -0.3 is 0 Å². The van der Waals surface area contributed by atoms with Gasteiger partial charge in [-0.15, -0.1) is 0 Å². The van der Waals surface area contributed by atoms with E-state index in [4.69, 9.17) is 0 Å². The van der Waals surface area contributed by atoms with Crippen LogP contribution in [0, 0.1) is 6.07 Å². The van der Waals surface area contributed by atoms with Crippen LogP contribution >= 0.6 is 0 Å². The molecule has 0 aliphatic heterocycles. The molecule has 2 aromatic rings. The zero-order chi connectivity index (χ0) is 12.6. The SMILES string of the molecule is CCCCCCCCc1cccc2[c]cccc12. The van der Waals surface area contributed by atoms with E-state index in [1.165, 1.54) is 61.3 Å². The number of unbranched alkanes of at least 4 members (excludes halogenated alkanes) is 5. The lowest BCUT2D eigenvalue weighted by molar-refractivity contribution is 0.608. The molecular weight excluding hydrogens is 216 g/mol. The van der Waals surface area contributed by atoms with E-state index in [2.05, 4.69) is 43.3 Å². The molecule has 0 amide bonds. The number of hydrogen-bond donors (Lipinski definition) is 0. The van der Waals surface area contributed by atoms with Crippen molar-refractivity contribution in [3.8, 4) is 0 Å². The number of rotatable bonds is 7. The summed E-state index contributed by atoms with van der Waals surface area (Å²) in [5.74, 6) is 0. The first-order chi connectivity index (χ1) is 8.92. The molecule has 0 unspecified atom stereocenters. The summed E-state index contributed by atoms with van der Waals surface area (Å²) in [7, 11) is 0.